The Hall–Kier alpha value is -1.69. The van der Waals surface area contributed by atoms with Crippen LogP contribution in [0, 0.1) is 0 Å². The van der Waals surface area contributed by atoms with Gasteiger partial charge in [0.15, 0.2) is 0 Å². The molecule has 0 aliphatic rings. The zero-order valence-electron chi connectivity index (χ0n) is 9.80. The van der Waals surface area contributed by atoms with Crippen molar-refractivity contribution in [3.05, 3.63) is 40.4 Å². The number of carbonyl (C=O) groups is 1. The smallest absolute Gasteiger partial charge is 0.375 e. The van der Waals surface area contributed by atoms with E-state index in [2.05, 4.69) is 26.0 Å². The maximum Gasteiger partial charge on any atom is 0.375 e. The van der Waals surface area contributed by atoms with Gasteiger partial charge < -0.3 is 5.11 Å². The van der Waals surface area contributed by atoms with Crippen LogP contribution in [-0.2, 0) is 6.42 Å². The summed E-state index contributed by atoms with van der Waals surface area (Å²) >= 11 is 3.36. The van der Waals surface area contributed by atoms with Crippen LogP contribution >= 0.6 is 15.9 Å². The molecule has 1 aromatic heterocycles. The zero-order valence-corrected chi connectivity index (χ0v) is 11.4. The first-order valence-electron chi connectivity index (χ1n) is 5.57. The highest BCUT2D eigenvalue weighted by atomic mass is 79.9. The van der Waals surface area contributed by atoms with E-state index in [9.17, 15) is 4.79 Å². The van der Waals surface area contributed by atoms with Crippen molar-refractivity contribution in [3.63, 3.8) is 0 Å². The van der Waals surface area contributed by atoms with Crippen LogP contribution in [0.2, 0.25) is 0 Å². The quantitative estimate of drug-likeness (QED) is 0.943. The van der Waals surface area contributed by atoms with Gasteiger partial charge in [0.2, 0.25) is 0 Å². The molecule has 6 heteroatoms. The molecule has 1 heterocycles. The molecule has 0 amide bonds. The lowest BCUT2D eigenvalue weighted by Gasteiger charge is -2.04. The third-order valence-electron chi connectivity index (χ3n) is 2.41. The van der Waals surface area contributed by atoms with Crippen LogP contribution in [0.3, 0.4) is 0 Å². The Bertz CT molecular complexity index is 563. The van der Waals surface area contributed by atoms with Gasteiger partial charge in [-0.2, -0.15) is 0 Å². The zero-order chi connectivity index (χ0) is 13.1. The van der Waals surface area contributed by atoms with E-state index in [4.69, 9.17) is 5.11 Å². The lowest BCUT2D eigenvalue weighted by atomic mass is 10.3. The maximum atomic E-state index is 10.9. The second-order valence-corrected chi connectivity index (χ2v) is 4.71. The second-order valence-electron chi connectivity index (χ2n) is 3.80. The maximum absolute atomic E-state index is 10.9. The fourth-order valence-corrected chi connectivity index (χ4v) is 1.87. The fourth-order valence-electron chi connectivity index (χ4n) is 1.61. The standard InChI is InChI=1S/C12H12BrN3O2/c1-2-3-10-14-11(12(17)18)15-16(10)9-6-4-8(13)5-7-9/h4-7H,2-3H2,1H3,(H,17,18). The van der Waals surface area contributed by atoms with Gasteiger partial charge in [-0.15, -0.1) is 5.10 Å². The van der Waals surface area contributed by atoms with E-state index in [1.54, 1.807) is 4.68 Å². The molecule has 0 aliphatic carbocycles. The highest BCUT2D eigenvalue weighted by Crippen LogP contribution is 2.15. The van der Waals surface area contributed by atoms with Gasteiger partial charge in [0.05, 0.1) is 5.69 Å². The summed E-state index contributed by atoms with van der Waals surface area (Å²) in [7, 11) is 0. The number of carboxylic acid groups (broad SMARTS) is 1. The molecule has 1 N–H and O–H groups in total. The molecule has 0 radical (unpaired) electrons. The fraction of sp³-hybridized carbons (Fsp3) is 0.250. The van der Waals surface area contributed by atoms with Crippen molar-refractivity contribution in [1.82, 2.24) is 14.8 Å². The van der Waals surface area contributed by atoms with Gasteiger partial charge >= 0.3 is 5.97 Å². The molecule has 5 nitrogen and oxygen atoms in total. The minimum Gasteiger partial charge on any atom is -0.475 e. The molecule has 1 aromatic carbocycles. The summed E-state index contributed by atoms with van der Waals surface area (Å²) in [5.41, 5.74) is 0.807. The molecule has 0 saturated carbocycles. The predicted molar refractivity (Wildman–Crippen MR) is 70.0 cm³/mol. The Labute approximate surface area is 113 Å². The first-order valence-corrected chi connectivity index (χ1v) is 6.36. The molecular formula is C12H12BrN3O2. The number of benzene rings is 1. The number of nitrogens with zero attached hydrogens (tertiary/aromatic N) is 3. The largest absolute Gasteiger partial charge is 0.475 e. The third kappa shape index (κ3) is 2.59. The third-order valence-corrected chi connectivity index (χ3v) is 2.94. The number of aromatic nitrogens is 3. The number of aryl methyl sites for hydroxylation is 1. The Kier molecular flexibility index (Phi) is 3.76. The lowest BCUT2D eigenvalue weighted by Crippen LogP contribution is -2.03. The number of carboxylic acids is 1. The summed E-state index contributed by atoms with van der Waals surface area (Å²) < 4.78 is 2.54. The van der Waals surface area contributed by atoms with Gasteiger partial charge in [0.1, 0.15) is 5.82 Å². The van der Waals surface area contributed by atoms with E-state index in [0.29, 0.717) is 12.2 Å². The van der Waals surface area contributed by atoms with Crippen molar-refractivity contribution in [2.75, 3.05) is 0 Å². The van der Waals surface area contributed by atoms with Gasteiger partial charge in [-0.25, -0.2) is 14.5 Å². The first kappa shape index (κ1) is 12.8. The minimum absolute atomic E-state index is 0.165. The van der Waals surface area contributed by atoms with E-state index < -0.39 is 5.97 Å². The molecule has 0 bridgehead atoms. The highest BCUT2D eigenvalue weighted by Gasteiger charge is 2.15. The lowest BCUT2D eigenvalue weighted by molar-refractivity contribution is 0.0683. The average Bonchev–Trinajstić information content (AvgIpc) is 2.75. The van der Waals surface area contributed by atoms with Crippen molar-refractivity contribution >= 4 is 21.9 Å². The molecule has 0 fully saturated rings. The Morgan fingerprint density at radius 1 is 1.39 bits per heavy atom. The molecule has 0 spiro atoms. The van der Waals surface area contributed by atoms with Crippen LogP contribution in [-0.4, -0.2) is 25.8 Å². The Morgan fingerprint density at radius 2 is 2.06 bits per heavy atom. The first-order chi connectivity index (χ1) is 8.61. The SMILES string of the molecule is CCCc1nc(C(=O)O)nn1-c1ccc(Br)cc1. The van der Waals surface area contributed by atoms with Crippen molar-refractivity contribution in [2.45, 2.75) is 19.8 Å². The monoisotopic (exact) mass is 309 g/mol. The van der Waals surface area contributed by atoms with Crippen LogP contribution < -0.4 is 0 Å². The minimum atomic E-state index is -1.11. The van der Waals surface area contributed by atoms with Crippen LogP contribution in [0.15, 0.2) is 28.7 Å². The molecule has 0 saturated heterocycles. The summed E-state index contributed by atoms with van der Waals surface area (Å²) in [6.45, 7) is 2.01. The number of rotatable bonds is 4. The van der Waals surface area contributed by atoms with Gasteiger partial charge in [-0.05, 0) is 30.7 Å². The molecule has 0 aliphatic heterocycles. The number of halogens is 1. The Balaban J connectivity index is 2.47. The summed E-state index contributed by atoms with van der Waals surface area (Å²) in [5, 5.41) is 13.0. The van der Waals surface area contributed by atoms with Gasteiger partial charge in [-0.3, -0.25) is 0 Å². The van der Waals surface area contributed by atoms with E-state index in [1.165, 1.54) is 0 Å². The van der Waals surface area contributed by atoms with Crippen molar-refractivity contribution in [3.8, 4) is 5.69 Å². The predicted octanol–water partition coefficient (Wildman–Crippen LogP) is 2.68. The summed E-state index contributed by atoms with van der Waals surface area (Å²) in [4.78, 5) is 14.9. The van der Waals surface area contributed by atoms with Crippen molar-refractivity contribution in [2.24, 2.45) is 0 Å². The van der Waals surface area contributed by atoms with E-state index in [1.807, 2.05) is 31.2 Å². The van der Waals surface area contributed by atoms with E-state index in [0.717, 1.165) is 16.6 Å². The van der Waals surface area contributed by atoms with E-state index >= 15 is 0 Å². The van der Waals surface area contributed by atoms with Gasteiger partial charge in [0.25, 0.3) is 5.82 Å². The van der Waals surface area contributed by atoms with E-state index in [-0.39, 0.29) is 5.82 Å². The number of hydrogen-bond acceptors (Lipinski definition) is 3. The number of hydrogen-bond donors (Lipinski definition) is 1. The Morgan fingerprint density at radius 3 is 2.61 bits per heavy atom. The molecule has 18 heavy (non-hydrogen) atoms. The molecule has 94 valence electrons. The molecule has 2 rings (SSSR count). The van der Waals surface area contributed by atoms with Crippen LogP contribution in [0.25, 0.3) is 5.69 Å². The van der Waals surface area contributed by atoms with Crippen molar-refractivity contribution < 1.29 is 9.90 Å². The molecule has 0 unspecified atom stereocenters. The molecular weight excluding hydrogens is 298 g/mol. The normalized spacial score (nSPS) is 10.6. The van der Waals surface area contributed by atoms with Crippen LogP contribution in [0.5, 0.6) is 0 Å². The average molecular weight is 310 g/mol. The topological polar surface area (TPSA) is 68.0 Å². The van der Waals surface area contributed by atoms with Crippen molar-refractivity contribution in [1.29, 1.82) is 0 Å². The van der Waals surface area contributed by atoms with Crippen LogP contribution in [0.4, 0.5) is 0 Å². The van der Waals surface area contributed by atoms with Gasteiger partial charge in [-0.1, -0.05) is 22.9 Å². The van der Waals surface area contributed by atoms with Crippen LogP contribution in [0.1, 0.15) is 29.8 Å². The summed E-state index contributed by atoms with van der Waals surface area (Å²) in [6, 6.07) is 7.49. The second kappa shape index (κ2) is 5.30. The van der Waals surface area contributed by atoms with Gasteiger partial charge in [0, 0.05) is 10.9 Å². The highest BCUT2D eigenvalue weighted by molar-refractivity contribution is 9.10. The molecule has 2 aromatic rings. The summed E-state index contributed by atoms with van der Waals surface area (Å²) in [6.07, 6.45) is 1.57. The molecule has 0 atom stereocenters. The summed E-state index contributed by atoms with van der Waals surface area (Å²) in [5.74, 6) is -0.609. The number of aromatic carboxylic acids is 1.